The van der Waals surface area contributed by atoms with E-state index in [1.165, 1.54) is 24.8 Å². The van der Waals surface area contributed by atoms with E-state index in [2.05, 4.69) is 44.0 Å². The van der Waals surface area contributed by atoms with Crippen LogP contribution in [0.5, 0.6) is 0 Å². The van der Waals surface area contributed by atoms with Crippen LogP contribution in [0.2, 0.25) is 0 Å². The van der Waals surface area contributed by atoms with Gasteiger partial charge in [0.05, 0.1) is 17.8 Å². The Morgan fingerprint density at radius 3 is 2.55 bits per heavy atom. The Morgan fingerprint density at radius 1 is 1.00 bits per heavy atom. The van der Waals surface area contributed by atoms with Crippen molar-refractivity contribution in [2.75, 3.05) is 19.6 Å². The van der Waals surface area contributed by atoms with E-state index in [0.717, 1.165) is 56.7 Å². The van der Waals surface area contributed by atoms with Crippen LogP contribution < -0.4 is 5.32 Å². The maximum absolute atomic E-state index is 13.0. The van der Waals surface area contributed by atoms with Crippen LogP contribution in [0.4, 0.5) is 0 Å². The number of aliphatic hydroxyl groups is 1. The molecule has 6 aliphatic rings. The van der Waals surface area contributed by atoms with Gasteiger partial charge in [-0.2, -0.15) is 0 Å². The van der Waals surface area contributed by atoms with Crippen molar-refractivity contribution >= 4 is 11.7 Å². The summed E-state index contributed by atoms with van der Waals surface area (Å²) in [4.78, 5) is 28.4. The lowest BCUT2D eigenvalue weighted by Crippen LogP contribution is -2.54. The second-order valence-corrected chi connectivity index (χ2v) is 17.5. The summed E-state index contributed by atoms with van der Waals surface area (Å²) in [5.41, 5.74) is 7.28. The molecule has 2 N–H and O–H groups in total. The highest BCUT2D eigenvalue weighted by Crippen LogP contribution is 2.65. The van der Waals surface area contributed by atoms with Crippen LogP contribution in [-0.4, -0.2) is 65.2 Å². The molecule has 51 heavy (non-hydrogen) atoms. The van der Waals surface area contributed by atoms with Gasteiger partial charge in [0.25, 0.3) is 0 Å². The first-order valence-corrected chi connectivity index (χ1v) is 20.0. The highest BCUT2D eigenvalue weighted by Gasteiger charge is 2.61. The zero-order chi connectivity index (χ0) is 35.5. The fourth-order valence-corrected chi connectivity index (χ4v) is 12.0. The number of piperidine rings is 1. The Kier molecular flexibility index (Phi) is 9.42. The molecule has 2 saturated carbocycles. The van der Waals surface area contributed by atoms with E-state index in [1.807, 2.05) is 54.6 Å². The number of ether oxygens (including phenoxy) is 1. The van der Waals surface area contributed by atoms with Crippen LogP contribution in [0, 0.1) is 35.0 Å². The van der Waals surface area contributed by atoms with Gasteiger partial charge < -0.3 is 15.2 Å². The van der Waals surface area contributed by atoms with Crippen molar-refractivity contribution in [2.24, 2.45) is 35.0 Å². The average molecular weight is 691 g/mol. The molecule has 6 nitrogen and oxygen atoms in total. The van der Waals surface area contributed by atoms with Crippen molar-refractivity contribution < 1.29 is 19.4 Å². The minimum atomic E-state index is -0.179. The number of rotatable bonds is 8. The minimum absolute atomic E-state index is 0.0183. The Hall–Kier alpha value is -3.06. The monoisotopic (exact) mass is 690 g/mol. The van der Waals surface area contributed by atoms with Gasteiger partial charge in [0, 0.05) is 49.1 Å². The summed E-state index contributed by atoms with van der Waals surface area (Å²) >= 11 is 0. The summed E-state index contributed by atoms with van der Waals surface area (Å²) in [7, 11) is 0. The average Bonchev–Trinajstić information content (AvgIpc) is 3.66. The molecule has 0 bridgehead atoms. The van der Waals surface area contributed by atoms with Crippen LogP contribution in [0.25, 0.3) is 0 Å². The molecule has 0 radical (unpaired) electrons. The predicted molar refractivity (Wildman–Crippen MR) is 201 cm³/mol. The van der Waals surface area contributed by atoms with Gasteiger partial charge in [0.2, 0.25) is 5.91 Å². The molecule has 2 aromatic rings. The minimum Gasteiger partial charge on any atom is -0.393 e. The van der Waals surface area contributed by atoms with Crippen molar-refractivity contribution in [2.45, 2.75) is 116 Å². The lowest BCUT2D eigenvalue weighted by Gasteiger charge is -2.49. The molecule has 8 rings (SSSR count). The van der Waals surface area contributed by atoms with Crippen LogP contribution in [0.1, 0.15) is 107 Å². The molecule has 0 aromatic heterocycles. The second-order valence-electron chi connectivity index (χ2n) is 17.5. The molecule has 272 valence electrons. The molecule has 4 aliphatic carbocycles. The Morgan fingerprint density at radius 2 is 1.76 bits per heavy atom. The van der Waals surface area contributed by atoms with Crippen molar-refractivity contribution in [3.05, 3.63) is 94.1 Å². The number of hydrogen-bond acceptors (Lipinski definition) is 5. The van der Waals surface area contributed by atoms with Crippen molar-refractivity contribution in [3.63, 3.8) is 0 Å². The van der Waals surface area contributed by atoms with Gasteiger partial charge in [0.1, 0.15) is 0 Å². The summed E-state index contributed by atoms with van der Waals surface area (Å²) in [6.07, 6.45) is 12.5. The summed E-state index contributed by atoms with van der Waals surface area (Å²) in [6.45, 7) is 12.3. The zero-order valence-electron chi connectivity index (χ0n) is 31.2. The number of amides is 1. The number of aliphatic hydroxyl groups excluding tert-OH is 1. The van der Waals surface area contributed by atoms with Gasteiger partial charge in [0.15, 0.2) is 5.78 Å². The maximum Gasteiger partial charge on any atom is 0.220 e. The molecular formula is C45H58N2O4. The third kappa shape index (κ3) is 6.17. The van der Waals surface area contributed by atoms with E-state index in [1.54, 1.807) is 11.1 Å². The standard InChI is InChI=1S/C45H58N2O4/c1-28-24-40-42(47(27-28)23-22-46-41(49)17-12-31-10-13-33(14-11-31)43(50)32-8-6-5-7-9-32)30(3)45(51-40)21-19-36-37-16-15-34-25-35(48)18-20-44(34,4)39(37)26-38(36)29(45)2/h5-11,13-15,28,30,35-37,39-40,42,48H,12,16-27H2,1-4H3,(H,46,49)/t28-,30+,35-,36-,37-,39-,40+,42-,44-,45-/m0/s1. The lowest BCUT2D eigenvalue weighted by atomic mass is 9.56. The topological polar surface area (TPSA) is 78.9 Å². The molecule has 6 heteroatoms. The summed E-state index contributed by atoms with van der Waals surface area (Å²) in [5, 5.41) is 13.7. The van der Waals surface area contributed by atoms with E-state index < -0.39 is 0 Å². The number of carbonyl (C=O) groups excluding carboxylic acids is 2. The van der Waals surface area contributed by atoms with Gasteiger partial charge in [-0.3, -0.25) is 14.5 Å². The fraction of sp³-hybridized carbons (Fsp3) is 0.600. The Balaban J connectivity index is 0.886. The maximum atomic E-state index is 13.0. The Bertz CT molecular complexity index is 1700. The van der Waals surface area contributed by atoms with E-state index in [-0.39, 0.29) is 34.9 Å². The third-order valence-electron chi connectivity index (χ3n) is 14.7. The highest BCUT2D eigenvalue weighted by molar-refractivity contribution is 6.08. The van der Waals surface area contributed by atoms with Gasteiger partial charge >= 0.3 is 0 Å². The predicted octanol–water partition coefficient (Wildman–Crippen LogP) is 7.69. The van der Waals surface area contributed by atoms with Crippen molar-refractivity contribution in [1.82, 2.24) is 10.2 Å². The molecule has 1 spiro atoms. The van der Waals surface area contributed by atoms with Crippen LogP contribution in [0.15, 0.2) is 77.4 Å². The number of aryl methyl sites for hydroxylation is 1. The van der Waals surface area contributed by atoms with Crippen molar-refractivity contribution in [3.8, 4) is 0 Å². The first-order chi connectivity index (χ1) is 24.6. The van der Waals surface area contributed by atoms with Gasteiger partial charge in [-0.1, -0.05) is 92.6 Å². The second kappa shape index (κ2) is 13.7. The summed E-state index contributed by atoms with van der Waals surface area (Å²) < 4.78 is 7.34. The van der Waals surface area contributed by atoms with E-state index in [4.69, 9.17) is 4.74 Å². The number of fused-ring (bicyclic) bond motifs is 6. The number of nitrogens with one attached hydrogen (secondary N) is 1. The molecule has 0 unspecified atom stereocenters. The number of benzene rings is 2. The molecule has 4 fully saturated rings. The number of carbonyl (C=O) groups is 2. The van der Waals surface area contributed by atoms with E-state index in [9.17, 15) is 14.7 Å². The number of nitrogens with zero attached hydrogens (tertiary/aromatic N) is 1. The van der Waals surface area contributed by atoms with Gasteiger partial charge in [-0.15, -0.1) is 0 Å². The Labute approximate surface area is 305 Å². The summed E-state index contributed by atoms with van der Waals surface area (Å²) in [6, 6.07) is 17.4. The van der Waals surface area contributed by atoms with Gasteiger partial charge in [-0.25, -0.2) is 0 Å². The zero-order valence-corrected chi connectivity index (χ0v) is 31.2. The normalized spacial score (nSPS) is 37.3. The quantitative estimate of drug-likeness (QED) is 0.219. The SMILES string of the molecule is CC1=C2C[C@H]3[C@@H](CC=C4C[C@@H](O)CC[C@@]43C)[C@@H]2CC[C@]12O[C@@H]1C[C@H](C)CN(CCNC(=O)CCc3ccc(C(=O)c4ccccc4)cc3)[C@H]1[C@H]2C. The molecule has 2 saturated heterocycles. The number of likely N-dealkylation sites (tertiary alicyclic amines) is 1. The van der Waals surface area contributed by atoms with E-state index in [0.29, 0.717) is 60.2 Å². The van der Waals surface area contributed by atoms with Crippen molar-refractivity contribution in [1.29, 1.82) is 0 Å². The molecule has 2 heterocycles. The van der Waals surface area contributed by atoms with Crippen LogP contribution >= 0.6 is 0 Å². The van der Waals surface area contributed by atoms with Crippen LogP contribution in [0.3, 0.4) is 0 Å². The van der Waals surface area contributed by atoms with E-state index >= 15 is 0 Å². The number of allylic oxidation sites excluding steroid dienone is 2. The van der Waals surface area contributed by atoms with Crippen LogP contribution in [-0.2, 0) is 16.0 Å². The first-order valence-electron chi connectivity index (χ1n) is 20.0. The molecule has 10 atom stereocenters. The molecule has 1 amide bonds. The smallest absolute Gasteiger partial charge is 0.220 e. The lowest BCUT2D eigenvalue weighted by molar-refractivity contribution is -0.121. The number of ketones is 1. The molecular weight excluding hydrogens is 633 g/mol. The molecule has 2 aromatic carbocycles. The highest BCUT2D eigenvalue weighted by atomic mass is 16.5. The number of hydrogen-bond donors (Lipinski definition) is 2. The summed E-state index contributed by atoms with van der Waals surface area (Å²) in [5.74, 6) is 3.17. The largest absolute Gasteiger partial charge is 0.393 e. The first kappa shape index (κ1) is 35.0. The van der Waals surface area contributed by atoms with Gasteiger partial charge in [-0.05, 0) is 105 Å². The third-order valence-corrected chi connectivity index (χ3v) is 14.7. The fourth-order valence-electron chi connectivity index (χ4n) is 12.0. The molecule has 2 aliphatic heterocycles.